The van der Waals surface area contributed by atoms with Crippen LogP contribution in [0.3, 0.4) is 0 Å². The predicted molar refractivity (Wildman–Crippen MR) is 84.5 cm³/mol. The van der Waals surface area contributed by atoms with E-state index in [1.165, 1.54) is 38.2 Å². The molecule has 3 nitrogen and oxygen atoms in total. The Hall–Kier alpha value is -1.16. The zero-order valence-electron chi connectivity index (χ0n) is 12.2. The molecule has 0 atom stereocenters. The fourth-order valence-corrected chi connectivity index (χ4v) is 3.66. The number of aryl methyl sites for hydroxylation is 1. The Morgan fingerprint density at radius 2 is 2.05 bits per heavy atom. The van der Waals surface area contributed by atoms with Crippen LogP contribution < -0.4 is 5.32 Å². The van der Waals surface area contributed by atoms with Crippen LogP contribution in [-0.2, 0) is 0 Å². The Bertz CT molecular complexity index is 481. The molecule has 1 aliphatic rings. The van der Waals surface area contributed by atoms with E-state index in [0.717, 1.165) is 5.56 Å². The molecule has 4 heteroatoms. The van der Waals surface area contributed by atoms with Gasteiger partial charge in [-0.2, -0.15) is 11.8 Å². The summed E-state index contributed by atoms with van der Waals surface area (Å²) in [4.78, 5) is 12.2. The lowest BCUT2D eigenvalue weighted by Gasteiger charge is -2.35. The van der Waals surface area contributed by atoms with Gasteiger partial charge >= 0.3 is 0 Å². The fourth-order valence-electron chi connectivity index (χ4n) is 2.74. The van der Waals surface area contributed by atoms with Crippen LogP contribution in [0.2, 0.25) is 0 Å². The standard InChI is InChI=1S/C16H23NO2S/c1-12-6-7-13(10-14(12)18)15(19)17-11-16(20-2)8-4-3-5-9-16/h6-7,10,18H,3-5,8-9,11H2,1-2H3,(H,17,19). The summed E-state index contributed by atoms with van der Waals surface area (Å²) in [5, 5.41) is 12.7. The van der Waals surface area contributed by atoms with E-state index in [9.17, 15) is 9.90 Å². The van der Waals surface area contributed by atoms with Gasteiger partial charge in [0.25, 0.3) is 5.91 Å². The number of carbonyl (C=O) groups is 1. The van der Waals surface area contributed by atoms with Crippen molar-refractivity contribution in [3.8, 4) is 5.75 Å². The van der Waals surface area contributed by atoms with Crippen LogP contribution in [0.1, 0.15) is 48.0 Å². The Morgan fingerprint density at radius 3 is 2.65 bits per heavy atom. The number of aromatic hydroxyl groups is 1. The van der Waals surface area contributed by atoms with Crippen molar-refractivity contribution in [1.29, 1.82) is 0 Å². The van der Waals surface area contributed by atoms with Gasteiger partial charge in [-0.1, -0.05) is 25.3 Å². The molecule has 0 unspecified atom stereocenters. The first-order valence-electron chi connectivity index (χ1n) is 7.19. The molecule has 1 amide bonds. The van der Waals surface area contributed by atoms with Gasteiger partial charge in [-0.05, 0) is 43.7 Å². The Kier molecular flexibility index (Phi) is 4.97. The van der Waals surface area contributed by atoms with Crippen LogP contribution in [0, 0.1) is 6.92 Å². The molecule has 2 N–H and O–H groups in total. The lowest BCUT2D eigenvalue weighted by atomic mass is 9.88. The minimum Gasteiger partial charge on any atom is -0.508 e. The number of benzene rings is 1. The number of phenolic OH excluding ortho intramolecular Hbond substituents is 1. The van der Waals surface area contributed by atoms with Gasteiger partial charge in [0.15, 0.2) is 0 Å². The van der Waals surface area contributed by atoms with E-state index < -0.39 is 0 Å². The fraction of sp³-hybridized carbons (Fsp3) is 0.562. The molecule has 0 radical (unpaired) electrons. The molecule has 1 aromatic rings. The van der Waals surface area contributed by atoms with Crippen LogP contribution in [0.5, 0.6) is 5.75 Å². The number of hydrogen-bond donors (Lipinski definition) is 2. The molecular formula is C16H23NO2S. The molecule has 0 spiro atoms. The molecule has 1 saturated carbocycles. The first kappa shape index (κ1) is 15.2. The molecule has 20 heavy (non-hydrogen) atoms. The minimum atomic E-state index is -0.0979. The number of rotatable bonds is 4. The highest BCUT2D eigenvalue weighted by molar-refractivity contribution is 8.00. The van der Waals surface area contributed by atoms with E-state index in [1.54, 1.807) is 12.1 Å². The molecule has 1 aliphatic carbocycles. The molecule has 0 saturated heterocycles. The maximum absolute atomic E-state index is 12.2. The quantitative estimate of drug-likeness (QED) is 0.893. The van der Waals surface area contributed by atoms with Gasteiger partial charge in [-0.15, -0.1) is 0 Å². The Labute approximate surface area is 125 Å². The van der Waals surface area contributed by atoms with Crippen molar-refractivity contribution < 1.29 is 9.90 Å². The van der Waals surface area contributed by atoms with E-state index in [0.29, 0.717) is 12.1 Å². The number of amides is 1. The average molecular weight is 293 g/mol. The Balaban J connectivity index is 1.98. The molecule has 0 aliphatic heterocycles. The van der Waals surface area contributed by atoms with Crippen molar-refractivity contribution in [1.82, 2.24) is 5.32 Å². The first-order valence-corrected chi connectivity index (χ1v) is 8.42. The smallest absolute Gasteiger partial charge is 0.251 e. The van der Waals surface area contributed by atoms with Gasteiger partial charge in [0.2, 0.25) is 0 Å². The van der Waals surface area contributed by atoms with Crippen molar-refractivity contribution in [2.75, 3.05) is 12.8 Å². The van der Waals surface area contributed by atoms with Crippen molar-refractivity contribution in [2.45, 2.75) is 43.8 Å². The van der Waals surface area contributed by atoms with Crippen molar-refractivity contribution in [2.24, 2.45) is 0 Å². The van der Waals surface area contributed by atoms with Crippen LogP contribution >= 0.6 is 11.8 Å². The molecular weight excluding hydrogens is 270 g/mol. The normalized spacial score (nSPS) is 17.7. The predicted octanol–water partition coefficient (Wildman–Crippen LogP) is 3.50. The summed E-state index contributed by atoms with van der Waals surface area (Å²) in [6.45, 7) is 2.53. The molecule has 0 heterocycles. The van der Waals surface area contributed by atoms with Crippen LogP contribution in [0.25, 0.3) is 0 Å². The van der Waals surface area contributed by atoms with Crippen LogP contribution in [0.4, 0.5) is 0 Å². The second-order valence-corrected chi connectivity index (χ2v) is 6.91. The second kappa shape index (κ2) is 6.53. The second-order valence-electron chi connectivity index (χ2n) is 5.63. The third-order valence-corrected chi connectivity index (χ3v) is 5.66. The number of nitrogens with one attached hydrogen (secondary N) is 1. The van der Waals surface area contributed by atoms with E-state index in [-0.39, 0.29) is 16.4 Å². The van der Waals surface area contributed by atoms with E-state index in [4.69, 9.17) is 0 Å². The van der Waals surface area contributed by atoms with Gasteiger partial charge in [0.1, 0.15) is 5.75 Å². The van der Waals surface area contributed by atoms with Crippen LogP contribution in [0.15, 0.2) is 18.2 Å². The topological polar surface area (TPSA) is 49.3 Å². The lowest BCUT2D eigenvalue weighted by molar-refractivity contribution is 0.0946. The molecule has 110 valence electrons. The van der Waals surface area contributed by atoms with E-state index in [1.807, 2.05) is 18.7 Å². The third kappa shape index (κ3) is 3.48. The van der Waals surface area contributed by atoms with E-state index >= 15 is 0 Å². The van der Waals surface area contributed by atoms with Crippen molar-refractivity contribution in [3.63, 3.8) is 0 Å². The molecule has 1 fully saturated rings. The zero-order valence-corrected chi connectivity index (χ0v) is 13.1. The number of phenols is 1. The highest BCUT2D eigenvalue weighted by atomic mass is 32.2. The molecule has 1 aromatic carbocycles. The number of hydrogen-bond acceptors (Lipinski definition) is 3. The largest absolute Gasteiger partial charge is 0.508 e. The Morgan fingerprint density at radius 1 is 1.35 bits per heavy atom. The molecule has 0 aromatic heterocycles. The monoisotopic (exact) mass is 293 g/mol. The third-order valence-electron chi connectivity index (χ3n) is 4.24. The summed E-state index contributed by atoms with van der Waals surface area (Å²) in [6.07, 6.45) is 8.29. The minimum absolute atomic E-state index is 0.0979. The SMILES string of the molecule is CSC1(CNC(=O)c2ccc(C)c(O)c2)CCCCC1. The van der Waals surface area contributed by atoms with E-state index in [2.05, 4.69) is 11.6 Å². The average Bonchev–Trinajstić information content (AvgIpc) is 2.48. The molecule has 2 rings (SSSR count). The maximum Gasteiger partial charge on any atom is 0.251 e. The lowest BCUT2D eigenvalue weighted by Crippen LogP contribution is -2.41. The first-order chi connectivity index (χ1) is 9.56. The van der Waals surface area contributed by atoms with Gasteiger partial charge in [0, 0.05) is 16.9 Å². The maximum atomic E-state index is 12.2. The summed E-state index contributed by atoms with van der Waals surface area (Å²) >= 11 is 1.87. The van der Waals surface area contributed by atoms with Crippen LogP contribution in [-0.4, -0.2) is 28.6 Å². The summed E-state index contributed by atoms with van der Waals surface area (Å²) in [5.41, 5.74) is 1.31. The molecule has 0 bridgehead atoms. The summed E-state index contributed by atoms with van der Waals surface area (Å²) in [7, 11) is 0. The number of thioether (sulfide) groups is 1. The zero-order chi connectivity index (χ0) is 14.6. The highest BCUT2D eigenvalue weighted by Gasteiger charge is 2.31. The van der Waals surface area contributed by atoms with Crippen molar-refractivity contribution >= 4 is 17.7 Å². The highest BCUT2D eigenvalue weighted by Crippen LogP contribution is 2.38. The van der Waals surface area contributed by atoms with Crippen molar-refractivity contribution in [3.05, 3.63) is 29.3 Å². The van der Waals surface area contributed by atoms with Gasteiger partial charge in [-0.25, -0.2) is 0 Å². The summed E-state index contributed by atoms with van der Waals surface area (Å²) < 4.78 is 0.195. The van der Waals surface area contributed by atoms with Gasteiger partial charge in [-0.3, -0.25) is 4.79 Å². The van der Waals surface area contributed by atoms with Gasteiger partial charge < -0.3 is 10.4 Å². The summed E-state index contributed by atoms with van der Waals surface area (Å²) in [5.74, 6) is 0.0780. The summed E-state index contributed by atoms with van der Waals surface area (Å²) in [6, 6.07) is 5.07. The van der Waals surface area contributed by atoms with Gasteiger partial charge in [0.05, 0.1) is 0 Å². The number of carbonyl (C=O) groups excluding carboxylic acids is 1.